The molecule has 4 nitrogen and oxygen atoms in total. The third-order valence-corrected chi connectivity index (χ3v) is 3.29. The number of nitrogens with zero attached hydrogens (tertiary/aromatic N) is 2. The number of pyridine rings is 1. The Bertz CT molecular complexity index is 410. The van der Waals surface area contributed by atoms with Crippen LogP contribution in [0.2, 0.25) is 0 Å². The fourth-order valence-electron chi connectivity index (χ4n) is 2.28. The minimum atomic E-state index is 0.185. The Labute approximate surface area is 102 Å². The molecule has 2 atom stereocenters. The van der Waals surface area contributed by atoms with Crippen molar-refractivity contribution < 1.29 is 0 Å². The highest BCUT2D eigenvalue weighted by molar-refractivity contribution is 5.43. The van der Waals surface area contributed by atoms with Crippen LogP contribution in [0.5, 0.6) is 0 Å². The van der Waals surface area contributed by atoms with Gasteiger partial charge >= 0.3 is 0 Å². The molecule has 2 unspecified atom stereocenters. The Balaban J connectivity index is 2.05. The fourth-order valence-corrected chi connectivity index (χ4v) is 2.28. The summed E-state index contributed by atoms with van der Waals surface area (Å²) in [4.78, 5) is 4.23. The molecule has 1 heterocycles. The lowest BCUT2D eigenvalue weighted by Crippen LogP contribution is -2.39. The van der Waals surface area contributed by atoms with Crippen molar-refractivity contribution in [3.63, 3.8) is 0 Å². The van der Waals surface area contributed by atoms with Crippen LogP contribution in [0.25, 0.3) is 0 Å². The molecular formula is C13H18N4. The molecule has 1 aliphatic rings. The van der Waals surface area contributed by atoms with Crippen molar-refractivity contribution >= 4 is 5.82 Å². The van der Waals surface area contributed by atoms with E-state index in [0.29, 0.717) is 5.56 Å². The van der Waals surface area contributed by atoms with Crippen molar-refractivity contribution in [2.75, 3.05) is 5.32 Å². The van der Waals surface area contributed by atoms with E-state index in [4.69, 9.17) is 11.0 Å². The second kappa shape index (κ2) is 5.65. The zero-order valence-electron chi connectivity index (χ0n) is 9.89. The maximum atomic E-state index is 8.83. The van der Waals surface area contributed by atoms with E-state index in [0.717, 1.165) is 18.7 Å². The van der Waals surface area contributed by atoms with E-state index in [9.17, 15) is 0 Å². The second-order valence-electron chi connectivity index (χ2n) is 4.59. The standard InChI is InChI=1S/C13H18N4/c14-9-10-6-7-16-13(8-10)17-12-5-3-1-2-4-11(12)15/h6-8,11-12H,1-5,15H2,(H,16,17). The van der Waals surface area contributed by atoms with Crippen molar-refractivity contribution in [3.05, 3.63) is 23.9 Å². The zero-order chi connectivity index (χ0) is 12.1. The predicted molar refractivity (Wildman–Crippen MR) is 67.4 cm³/mol. The summed E-state index contributed by atoms with van der Waals surface area (Å²) >= 11 is 0. The molecule has 3 N–H and O–H groups in total. The Morgan fingerprint density at radius 3 is 3.00 bits per heavy atom. The van der Waals surface area contributed by atoms with Crippen LogP contribution in [-0.2, 0) is 0 Å². The van der Waals surface area contributed by atoms with Crippen LogP contribution in [0.3, 0.4) is 0 Å². The number of nitrogens with two attached hydrogens (primary N) is 1. The van der Waals surface area contributed by atoms with E-state index >= 15 is 0 Å². The average molecular weight is 230 g/mol. The predicted octanol–water partition coefficient (Wildman–Crippen LogP) is 2.03. The van der Waals surface area contributed by atoms with Crippen molar-refractivity contribution in [1.82, 2.24) is 4.98 Å². The van der Waals surface area contributed by atoms with Crippen molar-refractivity contribution in [2.24, 2.45) is 5.73 Å². The number of hydrogen-bond acceptors (Lipinski definition) is 4. The molecule has 17 heavy (non-hydrogen) atoms. The van der Waals surface area contributed by atoms with Gasteiger partial charge in [-0.25, -0.2) is 4.98 Å². The van der Waals surface area contributed by atoms with Crippen molar-refractivity contribution in [3.8, 4) is 6.07 Å². The molecular weight excluding hydrogens is 212 g/mol. The summed E-state index contributed by atoms with van der Waals surface area (Å²) in [6.45, 7) is 0. The van der Waals surface area contributed by atoms with Crippen LogP contribution in [0.4, 0.5) is 5.82 Å². The first-order valence-corrected chi connectivity index (χ1v) is 6.18. The van der Waals surface area contributed by atoms with Gasteiger partial charge in [0.2, 0.25) is 0 Å². The van der Waals surface area contributed by atoms with Crippen LogP contribution in [0.15, 0.2) is 18.3 Å². The molecule has 2 rings (SSSR count). The second-order valence-corrected chi connectivity index (χ2v) is 4.59. The maximum Gasteiger partial charge on any atom is 0.127 e. The number of nitrogens with one attached hydrogen (secondary N) is 1. The Morgan fingerprint density at radius 1 is 1.35 bits per heavy atom. The lowest BCUT2D eigenvalue weighted by molar-refractivity contribution is 0.527. The van der Waals surface area contributed by atoms with Gasteiger partial charge in [0.05, 0.1) is 11.6 Å². The fraction of sp³-hybridized carbons (Fsp3) is 0.538. The molecule has 0 radical (unpaired) electrons. The third-order valence-electron chi connectivity index (χ3n) is 3.29. The van der Waals surface area contributed by atoms with Gasteiger partial charge in [0.1, 0.15) is 5.82 Å². The molecule has 1 aliphatic carbocycles. The molecule has 1 fully saturated rings. The largest absolute Gasteiger partial charge is 0.366 e. The molecule has 0 bridgehead atoms. The number of rotatable bonds is 2. The molecule has 0 saturated heterocycles. The first-order chi connectivity index (χ1) is 8.29. The summed E-state index contributed by atoms with van der Waals surface area (Å²) in [6, 6.07) is 6.06. The Kier molecular flexibility index (Phi) is 3.94. The highest BCUT2D eigenvalue weighted by Crippen LogP contribution is 2.20. The van der Waals surface area contributed by atoms with E-state index in [1.165, 1.54) is 19.3 Å². The molecule has 0 aliphatic heterocycles. The summed E-state index contributed by atoms with van der Waals surface area (Å²) in [6.07, 6.45) is 7.49. The van der Waals surface area contributed by atoms with Gasteiger partial charge in [-0.3, -0.25) is 0 Å². The van der Waals surface area contributed by atoms with Gasteiger partial charge in [-0.2, -0.15) is 5.26 Å². The SMILES string of the molecule is N#Cc1ccnc(NC2CCCCCC2N)c1. The number of hydrogen-bond donors (Lipinski definition) is 2. The minimum absolute atomic E-state index is 0.185. The van der Waals surface area contributed by atoms with Gasteiger partial charge in [-0.15, -0.1) is 0 Å². The summed E-state index contributed by atoms with van der Waals surface area (Å²) < 4.78 is 0. The van der Waals surface area contributed by atoms with Crippen LogP contribution < -0.4 is 11.1 Å². The molecule has 0 spiro atoms. The maximum absolute atomic E-state index is 8.83. The molecule has 1 aromatic heterocycles. The monoisotopic (exact) mass is 230 g/mol. The molecule has 0 aromatic carbocycles. The Morgan fingerprint density at radius 2 is 2.18 bits per heavy atom. The average Bonchev–Trinajstić information content (AvgIpc) is 2.55. The van der Waals surface area contributed by atoms with Crippen molar-refractivity contribution in [2.45, 2.75) is 44.2 Å². The van der Waals surface area contributed by atoms with Crippen LogP contribution in [0.1, 0.15) is 37.7 Å². The zero-order valence-corrected chi connectivity index (χ0v) is 9.89. The van der Waals surface area contributed by atoms with Gasteiger partial charge in [0.15, 0.2) is 0 Å². The summed E-state index contributed by atoms with van der Waals surface area (Å²) in [5.74, 6) is 0.756. The van der Waals surface area contributed by atoms with Gasteiger partial charge in [0, 0.05) is 18.3 Å². The Hall–Kier alpha value is -1.60. The van der Waals surface area contributed by atoms with Crippen molar-refractivity contribution in [1.29, 1.82) is 5.26 Å². The smallest absolute Gasteiger partial charge is 0.127 e. The van der Waals surface area contributed by atoms with Crippen LogP contribution in [0, 0.1) is 11.3 Å². The van der Waals surface area contributed by atoms with Crippen LogP contribution >= 0.6 is 0 Å². The molecule has 90 valence electrons. The number of anilines is 1. The quantitative estimate of drug-likeness (QED) is 0.762. The number of aromatic nitrogens is 1. The highest BCUT2D eigenvalue weighted by atomic mass is 15.0. The summed E-state index contributed by atoms with van der Waals surface area (Å²) in [5.41, 5.74) is 6.77. The third kappa shape index (κ3) is 3.18. The summed E-state index contributed by atoms with van der Waals surface area (Å²) in [5, 5.41) is 12.2. The summed E-state index contributed by atoms with van der Waals surface area (Å²) in [7, 11) is 0. The van der Waals surface area contributed by atoms with E-state index in [2.05, 4.69) is 16.4 Å². The lowest BCUT2D eigenvalue weighted by atomic mass is 10.0. The molecule has 4 heteroatoms. The lowest BCUT2D eigenvalue weighted by Gasteiger charge is -2.23. The van der Waals surface area contributed by atoms with Gasteiger partial charge in [0.25, 0.3) is 0 Å². The van der Waals surface area contributed by atoms with Gasteiger partial charge in [-0.05, 0) is 25.0 Å². The van der Waals surface area contributed by atoms with E-state index in [1.807, 2.05) is 0 Å². The first-order valence-electron chi connectivity index (χ1n) is 6.18. The topological polar surface area (TPSA) is 74.7 Å². The highest BCUT2D eigenvalue weighted by Gasteiger charge is 2.20. The minimum Gasteiger partial charge on any atom is -0.366 e. The molecule has 1 saturated carbocycles. The van der Waals surface area contributed by atoms with Crippen LogP contribution in [-0.4, -0.2) is 17.1 Å². The number of nitriles is 1. The van der Waals surface area contributed by atoms with Gasteiger partial charge in [-0.1, -0.05) is 19.3 Å². The van der Waals surface area contributed by atoms with E-state index in [-0.39, 0.29) is 12.1 Å². The van der Waals surface area contributed by atoms with E-state index < -0.39 is 0 Å². The van der Waals surface area contributed by atoms with E-state index in [1.54, 1.807) is 18.3 Å². The molecule has 1 aromatic rings. The van der Waals surface area contributed by atoms with Gasteiger partial charge < -0.3 is 11.1 Å². The normalized spacial score (nSPS) is 24.7. The molecule has 0 amide bonds. The first kappa shape index (κ1) is 11.9.